The standard InChI is InChI=1S/C35H28Cl2F3N9O4/c36-27-17-10-21(20-28(27)37)11-18-29(50)44-32(41)47-49(48-33(42)45-30(51)19-14-22-6-4-5-9-26(22)35(38,39)40)34(43)46-31(52)23-12-15-25(16-13-23)53-24-7-2-1-3-8-24/h1-20H,(H2,43,46,52)(H3,41,44,47,50)(H3,42,45,48,51). The highest BCUT2D eigenvalue weighted by molar-refractivity contribution is 6.42. The Bertz CT molecular complexity index is 2080. The van der Waals surface area contributed by atoms with E-state index < -0.39 is 47.3 Å². The van der Waals surface area contributed by atoms with Gasteiger partial charge in [0.05, 0.1) is 15.6 Å². The third-order valence-corrected chi connectivity index (χ3v) is 7.28. The van der Waals surface area contributed by atoms with Gasteiger partial charge in [-0.25, -0.2) is 10.9 Å². The number of para-hydroxylation sites is 1. The minimum atomic E-state index is -4.68. The Hall–Kier alpha value is -6.65. The van der Waals surface area contributed by atoms with Crippen LogP contribution in [0.4, 0.5) is 13.2 Å². The van der Waals surface area contributed by atoms with Crippen molar-refractivity contribution in [3.63, 3.8) is 0 Å². The first kappa shape index (κ1) is 39.1. The maximum atomic E-state index is 13.3. The SMILES string of the molecule is N=C(NC(=O)C=Cc1ccc(Cl)c(Cl)c1)NN(NC(=N)NC(=O)C=Cc1ccccc1C(F)(F)F)C(=N)NC(=O)c1ccc(Oc2ccccc2)cc1. The molecule has 18 heteroatoms. The number of rotatable bonds is 7. The van der Waals surface area contributed by atoms with Crippen LogP contribution in [0.15, 0.2) is 109 Å². The number of ether oxygens (including phenoxy) is 1. The van der Waals surface area contributed by atoms with Gasteiger partial charge in [-0.1, -0.05) is 65.7 Å². The molecule has 13 nitrogen and oxygen atoms in total. The smallest absolute Gasteiger partial charge is 0.416 e. The molecule has 4 rings (SSSR count). The predicted octanol–water partition coefficient (Wildman–Crippen LogP) is 6.31. The summed E-state index contributed by atoms with van der Waals surface area (Å²) < 4.78 is 45.7. The number of amides is 3. The van der Waals surface area contributed by atoms with Crippen LogP contribution < -0.4 is 31.5 Å². The lowest BCUT2D eigenvalue weighted by atomic mass is 10.1. The van der Waals surface area contributed by atoms with Crippen molar-refractivity contribution >= 4 is 71.0 Å². The molecule has 0 aliphatic heterocycles. The zero-order valence-corrected chi connectivity index (χ0v) is 28.5. The summed E-state index contributed by atoms with van der Waals surface area (Å²) in [5.74, 6) is -4.10. The summed E-state index contributed by atoms with van der Waals surface area (Å²) in [5.41, 5.74) is 3.77. The van der Waals surface area contributed by atoms with Crippen molar-refractivity contribution in [1.82, 2.24) is 31.9 Å². The Kier molecular flexibility index (Phi) is 13.3. The lowest BCUT2D eigenvalue weighted by Gasteiger charge is -2.27. The van der Waals surface area contributed by atoms with E-state index in [2.05, 4.69) is 21.5 Å². The molecule has 0 aliphatic rings. The van der Waals surface area contributed by atoms with Gasteiger partial charge in [0.2, 0.25) is 17.9 Å². The van der Waals surface area contributed by atoms with Crippen LogP contribution in [0.3, 0.4) is 0 Å². The van der Waals surface area contributed by atoms with Gasteiger partial charge in [-0.2, -0.15) is 18.3 Å². The number of carbonyl (C=O) groups excluding carboxylic acids is 3. The van der Waals surface area contributed by atoms with Crippen LogP contribution in [-0.4, -0.2) is 40.7 Å². The summed E-state index contributed by atoms with van der Waals surface area (Å²) in [6.07, 6.45) is -0.585. The second-order valence-corrected chi connectivity index (χ2v) is 11.3. The first-order valence-electron chi connectivity index (χ1n) is 15.0. The van der Waals surface area contributed by atoms with Crippen molar-refractivity contribution in [2.45, 2.75) is 6.18 Å². The van der Waals surface area contributed by atoms with E-state index in [-0.39, 0.29) is 16.1 Å². The molecule has 0 bridgehead atoms. The second-order valence-electron chi connectivity index (χ2n) is 10.5. The fourth-order valence-corrected chi connectivity index (χ4v) is 4.44. The number of hydrazine groups is 2. The van der Waals surface area contributed by atoms with Crippen LogP contribution in [0, 0.1) is 16.2 Å². The van der Waals surface area contributed by atoms with Gasteiger partial charge in [0.1, 0.15) is 11.5 Å². The van der Waals surface area contributed by atoms with Crippen molar-refractivity contribution in [3.8, 4) is 11.5 Å². The highest BCUT2D eigenvalue weighted by atomic mass is 35.5. The van der Waals surface area contributed by atoms with E-state index in [0.717, 1.165) is 30.4 Å². The van der Waals surface area contributed by atoms with E-state index in [9.17, 15) is 27.6 Å². The fraction of sp³-hybridized carbons (Fsp3) is 0.0286. The molecule has 272 valence electrons. The van der Waals surface area contributed by atoms with Crippen LogP contribution in [-0.2, 0) is 15.8 Å². The molecule has 0 spiro atoms. The molecule has 0 radical (unpaired) electrons. The van der Waals surface area contributed by atoms with Gasteiger partial charge in [0, 0.05) is 17.7 Å². The lowest BCUT2D eigenvalue weighted by Crippen LogP contribution is -2.64. The highest BCUT2D eigenvalue weighted by Gasteiger charge is 2.32. The summed E-state index contributed by atoms with van der Waals surface area (Å²) in [6, 6.07) is 23.9. The van der Waals surface area contributed by atoms with Crippen LogP contribution in [0.1, 0.15) is 27.0 Å². The first-order chi connectivity index (χ1) is 25.2. The number of halogens is 5. The molecule has 0 atom stereocenters. The van der Waals surface area contributed by atoms with Gasteiger partial charge < -0.3 is 4.74 Å². The third-order valence-electron chi connectivity index (χ3n) is 6.55. The van der Waals surface area contributed by atoms with E-state index in [4.69, 9.17) is 44.2 Å². The van der Waals surface area contributed by atoms with Gasteiger partial charge in [0.25, 0.3) is 17.7 Å². The molecule has 0 aliphatic carbocycles. The summed E-state index contributed by atoms with van der Waals surface area (Å²) in [4.78, 5) is 38.0. The monoisotopic (exact) mass is 765 g/mol. The van der Waals surface area contributed by atoms with E-state index in [0.29, 0.717) is 27.2 Å². The molecule has 0 heterocycles. The third kappa shape index (κ3) is 12.3. The Morgan fingerprint density at radius 3 is 1.85 bits per heavy atom. The number of hydrogen-bond acceptors (Lipinski definition) is 7. The van der Waals surface area contributed by atoms with Gasteiger partial charge in [-0.15, -0.1) is 0 Å². The van der Waals surface area contributed by atoms with Crippen LogP contribution in [0.2, 0.25) is 10.0 Å². The molecule has 4 aromatic carbocycles. The number of nitrogens with zero attached hydrogens (tertiary/aromatic N) is 1. The summed E-state index contributed by atoms with van der Waals surface area (Å²) in [6.45, 7) is 0. The molecule has 53 heavy (non-hydrogen) atoms. The number of benzene rings is 4. The van der Waals surface area contributed by atoms with Crippen molar-refractivity contribution in [2.24, 2.45) is 0 Å². The average molecular weight is 767 g/mol. The van der Waals surface area contributed by atoms with Crippen LogP contribution in [0.25, 0.3) is 12.2 Å². The largest absolute Gasteiger partial charge is 0.457 e. The maximum Gasteiger partial charge on any atom is 0.416 e. The lowest BCUT2D eigenvalue weighted by molar-refractivity contribution is -0.137. The van der Waals surface area contributed by atoms with Crippen molar-refractivity contribution < 1.29 is 32.3 Å². The predicted molar refractivity (Wildman–Crippen MR) is 194 cm³/mol. The Morgan fingerprint density at radius 2 is 1.25 bits per heavy atom. The zero-order valence-electron chi connectivity index (χ0n) is 27.0. The molecule has 0 aromatic heterocycles. The topological polar surface area (TPSA) is 195 Å². The molecule has 0 unspecified atom stereocenters. The molecular weight excluding hydrogens is 738 g/mol. The summed E-state index contributed by atoms with van der Waals surface area (Å²) >= 11 is 11.9. The average Bonchev–Trinajstić information content (AvgIpc) is 3.11. The molecule has 0 saturated heterocycles. The van der Waals surface area contributed by atoms with Gasteiger partial charge in [-0.3, -0.25) is 46.6 Å². The second kappa shape index (κ2) is 18.0. The zero-order chi connectivity index (χ0) is 38.5. The van der Waals surface area contributed by atoms with Crippen molar-refractivity contribution in [2.75, 3.05) is 0 Å². The van der Waals surface area contributed by atoms with E-state index in [1.54, 1.807) is 30.3 Å². The van der Waals surface area contributed by atoms with Crippen molar-refractivity contribution in [1.29, 1.82) is 16.2 Å². The number of guanidine groups is 3. The number of hydrogen-bond donors (Lipinski definition) is 8. The Morgan fingerprint density at radius 1 is 0.679 bits per heavy atom. The minimum absolute atomic E-state index is 0.0820. The maximum absolute atomic E-state index is 13.3. The molecule has 4 aromatic rings. The minimum Gasteiger partial charge on any atom is -0.457 e. The normalized spacial score (nSPS) is 11.0. The molecular formula is C35H28Cl2F3N9O4. The van der Waals surface area contributed by atoms with E-state index in [1.807, 2.05) is 11.4 Å². The van der Waals surface area contributed by atoms with E-state index >= 15 is 0 Å². The van der Waals surface area contributed by atoms with E-state index in [1.165, 1.54) is 54.6 Å². The molecule has 0 saturated carbocycles. The molecule has 0 fully saturated rings. The summed E-state index contributed by atoms with van der Waals surface area (Å²) in [5, 5.41) is 32.3. The Labute approximate surface area is 309 Å². The van der Waals surface area contributed by atoms with Gasteiger partial charge in [0.15, 0.2) is 0 Å². The van der Waals surface area contributed by atoms with Crippen LogP contribution >= 0.6 is 23.2 Å². The number of carbonyl (C=O) groups is 3. The van der Waals surface area contributed by atoms with Gasteiger partial charge in [-0.05, 0) is 77.9 Å². The van der Waals surface area contributed by atoms with Gasteiger partial charge >= 0.3 is 6.18 Å². The highest BCUT2D eigenvalue weighted by Crippen LogP contribution is 2.32. The first-order valence-corrected chi connectivity index (χ1v) is 15.8. The Balaban J connectivity index is 1.43. The van der Waals surface area contributed by atoms with Crippen molar-refractivity contribution in [3.05, 3.63) is 142 Å². The molecule has 3 amide bonds. The fourth-order valence-electron chi connectivity index (χ4n) is 4.14. The summed E-state index contributed by atoms with van der Waals surface area (Å²) in [7, 11) is 0. The number of alkyl halides is 3. The molecule has 8 N–H and O–H groups in total. The van der Waals surface area contributed by atoms with Crippen LogP contribution in [0.5, 0.6) is 11.5 Å². The quantitative estimate of drug-likeness (QED) is 0.0467. The number of nitrogens with one attached hydrogen (secondary N) is 8.